The minimum Gasteiger partial charge on any atom is -0.347 e. The number of thiazole rings is 1. The molecule has 2 rings (SSSR count). The van der Waals surface area contributed by atoms with Crippen molar-refractivity contribution in [1.29, 1.82) is 0 Å². The third-order valence-electron chi connectivity index (χ3n) is 3.01. The summed E-state index contributed by atoms with van der Waals surface area (Å²) in [6.45, 7) is 4.04. The molecule has 0 bridgehead atoms. The highest BCUT2D eigenvalue weighted by molar-refractivity contribution is 7.13. The zero-order chi connectivity index (χ0) is 15.9. The summed E-state index contributed by atoms with van der Waals surface area (Å²) in [5, 5.41) is 7.78. The minimum absolute atomic E-state index is 0.0533. The van der Waals surface area contributed by atoms with E-state index in [0.717, 1.165) is 11.3 Å². The number of carbonyl (C=O) groups is 2. The van der Waals surface area contributed by atoms with Crippen molar-refractivity contribution in [3.05, 3.63) is 47.0 Å². The van der Waals surface area contributed by atoms with E-state index in [1.165, 1.54) is 11.3 Å². The number of nitrogens with one attached hydrogen (secondary N) is 2. The zero-order valence-electron chi connectivity index (χ0n) is 12.6. The zero-order valence-corrected chi connectivity index (χ0v) is 13.4. The predicted molar refractivity (Wildman–Crippen MR) is 88.0 cm³/mol. The summed E-state index contributed by atoms with van der Waals surface area (Å²) < 4.78 is 0. The van der Waals surface area contributed by atoms with Gasteiger partial charge in [-0.3, -0.25) is 9.59 Å². The quantitative estimate of drug-likeness (QED) is 0.860. The molecule has 0 aliphatic rings. The number of nitrogens with zero attached hydrogens (tertiary/aromatic N) is 1. The lowest BCUT2D eigenvalue weighted by Gasteiger charge is -2.05. The molecule has 2 aromatic rings. The molecule has 2 N–H and O–H groups in total. The second kappa shape index (κ2) is 7.70. The Labute approximate surface area is 133 Å². The first kappa shape index (κ1) is 16.2. The molecular formula is C16H19N3O2S. The van der Waals surface area contributed by atoms with Crippen molar-refractivity contribution in [2.45, 2.75) is 26.2 Å². The van der Waals surface area contributed by atoms with E-state index in [-0.39, 0.29) is 24.8 Å². The fourth-order valence-corrected chi connectivity index (χ4v) is 2.68. The summed E-state index contributed by atoms with van der Waals surface area (Å²) in [6, 6.07) is 9.41. The van der Waals surface area contributed by atoms with Gasteiger partial charge in [0.05, 0.1) is 18.7 Å². The van der Waals surface area contributed by atoms with Gasteiger partial charge in [-0.05, 0) is 11.5 Å². The van der Waals surface area contributed by atoms with Gasteiger partial charge in [-0.15, -0.1) is 11.3 Å². The highest BCUT2D eigenvalue weighted by atomic mass is 32.1. The van der Waals surface area contributed by atoms with E-state index in [4.69, 9.17) is 0 Å². The summed E-state index contributed by atoms with van der Waals surface area (Å²) >= 11 is 1.39. The van der Waals surface area contributed by atoms with Gasteiger partial charge < -0.3 is 10.6 Å². The topological polar surface area (TPSA) is 71.1 Å². The van der Waals surface area contributed by atoms with E-state index in [9.17, 15) is 9.59 Å². The summed E-state index contributed by atoms with van der Waals surface area (Å²) in [5.41, 5.74) is 1.87. The van der Waals surface area contributed by atoms with E-state index >= 15 is 0 Å². The molecule has 116 valence electrons. The van der Waals surface area contributed by atoms with Gasteiger partial charge in [0.15, 0.2) is 5.13 Å². The Morgan fingerprint density at radius 1 is 1.18 bits per heavy atom. The molecule has 22 heavy (non-hydrogen) atoms. The van der Waals surface area contributed by atoms with Crippen molar-refractivity contribution in [2.24, 2.45) is 0 Å². The smallest absolute Gasteiger partial charge is 0.245 e. The Hall–Kier alpha value is -2.21. The highest BCUT2D eigenvalue weighted by Gasteiger charge is 2.10. The summed E-state index contributed by atoms with van der Waals surface area (Å²) in [4.78, 5) is 27.9. The van der Waals surface area contributed by atoms with Crippen molar-refractivity contribution in [2.75, 3.05) is 11.9 Å². The van der Waals surface area contributed by atoms with Crippen LogP contribution in [-0.2, 0) is 16.0 Å². The van der Waals surface area contributed by atoms with Gasteiger partial charge in [-0.2, -0.15) is 0 Å². The number of hydrogen-bond acceptors (Lipinski definition) is 4. The van der Waals surface area contributed by atoms with Gasteiger partial charge in [0.2, 0.25) is 11.8 Å². The summed E-state index contributed by atoms with van der Waals surface area (Å²) in [7, 11) is 0. The van der Waals surface area contributed by atoms with Crippen LogP contribution in [0.5, 0.6) is 0 Å². The Balaban J connectivity index is 1.76. The maximum absolute atomic E-state index is 11.8. The minimum atomic E-state index is -0.272. The van der Waals surface area contributed by atoms with E-state index < -0.39 is 0 Å². The largest absolute Gasteiger partial charge is 0.347 e. The molecule has 1 heterocycles. The average Bonchev–Trinajstić information content (AvgIpc) is 2.95. The van der Waals surface area contributed by atoms with Gasteiger partial charge in [0, 0.05) is 5.38 Å². The molecule has 0 unspecified atom stereocenters. The van der Waals surface area contributed by atoms with Crippen LogP contribution in [0.15, 0.2) is 35.7 Å². The molecule has 0 radical (unpaired) electrons. The van der Waals surface area contributed by atoms with E-state index in [2.05, 4.69) is 15.6 Å². The summed E-state index contributed by atoms with van der Waals surface area (Å²) in [6.07, 6.45) is 0.267. The second-order valence-electron chi connectivity index (χ2n) is 5.22. The molecule has 1 aromatic heterocycles. The van der Waals surface area contributed by atoms with Crippen molar-refractivity contribution in [3.8, 4) is 0 Å². The van der Waals surface area contributed by atoms with Crippen LogP contribution < -0.4 is 10.6 Å². The standard InChI is InChI=1S/C16H19N3O2S/c1-11(2)13-10-22-16(18-13)19-15(21)9-17-14(20)8-12-6-4-3-5-7-12/h3-7,10-11H,8-9H2,1-2H3,(H,17,20)(H,18,19,21). The van der Waals surface area contributed by atoms with Crippen LogP contribution in [-0.4, -0.2) is 23.3 Å². The number of aromatic nitrogens is 1. The van der Waals surface area contributed by atoms with Crippen LogP contribution in [0.25, 0.3) is 0 Å². The maximum Gasteiger partial charge on any atom is 0.245 e. The molecule has 5 nitrogen and oxygen atoms in total. The van der Waals surface area contributed by atoms with Crippen LogP contribution in [0, 0.1) is 0 Å². The van der Waals surface area contributed by atoms with Crippen LogP contribution in [0.3, 0.4) is 0 Å². The number of anilines is 1. The molecule has 2 amide bonds. The van der Waals surface area contributed by atoms with Crippen LogP contribution in [0.1, 0.15) is 31.0 Å². The molecule has 1 aromatic carbocycles. The third-order valence-corrected chi connectivity index (χ3v) is 3.79. The Bertz CT molecular complexity index is 638. The maximum atomic E-state index is 11.8. The monoisotopic (exact) mass is 317 g/mol. The lowest BCUT2D eigenvalue weighted by Crippen LogP contribution is -2.33. The third kappa shape index (κ3) is 4.96. The van der Waals surface area contributed by atoms with Gasteiger partial charge in [0.1, 0.15) is 0 Å². The fraction of sp³-hybridized carbons (Fsp3) is 0.312. The van der Waals surface area contributed by atoms with Gasteiger partial charge in [0.25, 0.3) is 0 Å². The van der Waals surface area contributed by atoms with Crippen LogP contribution >= 0.6 is 11.3 Å². The molecule has 0 fully saturated rings. The molecule has 6 heteroatoms. The lowest BCUT2D eigenvalue weighted by molar-refractivity contribution is -0.123. The van der Waals surface area contributed by atoms with Crippen molar-refractivity contribution >= 4 is 28.3 Å². The van der Waals surface area contributed by atoms with Crippen molar-refractivity contribution in [3.63, 3.8) is 0 Å². The first-order valence-corrected chi connectivity index (χ1v) is 7.98. The van der Waals surface area contributed by atoms with Gasteiger partial charge in [-0.1, -0.05) is 44.2 Å². The molecule has 0 saturated heterocycles. The number of hydrogen-bond donors (Lipinski definition) is 2. The van der Waals surface area contributed by atoms with E-state index in [1.54, 1.807) is 0 Å². The number of carbonyl (C=O) groups excluding carboxylic acids is 2. The van der Waals surface area contributed by atoms with Gasteiger partial charge >= 0.3 is 0 Å². The van der Waals surface area contributed by atoms with Crippen molar-refractivity contribution in [1.82, 2.24) is 10.3 Å². The first-order valence-electron chi connectivity index (χ1n) is 7.10. The fourth-order valence-electron chi connectivity index (χ4n) is 1.79. The summed E-state index contributed by atoms with van der Waals surface area (Å²) in [5.74, 6) is -0.123. The number of amides is 2. The Morgan fingerprint density at radius 3 is 2.55 bits per heavy atom. The van der Waals surface area contributed by atoms with Gasteiger partial charge in [-0.25, -0.2) is 4.98 Å². The molecule has 0 atom stereocenters. The predicted octanol–water partition coefficient (Wildman–Crippen LogP) is 2.56. The van der Waals surface area contributed by atoms with E-state index in [1.807, 2.05) is 49.6 Å². The number of rotatable bonds is 6. The van der Waals surface area contributed by atoms with Crippen LogP contribution in [0.4, 0.5) is 5.13 Å². The molecule has 0 spiro atoms. The SMILES string of the molecule is CC(C)c1csc(NC(=O)CNC(=O)Cc2ccccc2)n1. The van der Waals surface area contributed by atoms with E-state index in [0.29, 0.717) is 11.0 Å². The average molecular weight is 317 g/mol. The van der Waals surface area contributed by atoms with Crippen LogP contribution in [0.2, 0.25) is 0 Å². The second-order valence-corrected chi connectivity index (χ2v) is 6.08. The van der Waals surface area contributed by atoms with Crippen molar-refractivity contribution < 1.29 is 9.59 Å². The molecule has 0 saturated carbocycles. The molecular weight excluding hydrogens is 298 g/mol. The molecule has 0 aliphatic heterocycles. The molecule has 0 aliphatic carbocycles. The number of benzene rings is 1. The highest BCUT2D eigenvalue weighted by Crippen LogP contribution is 2.21. The lowest BCUT2D eigenvalue weighted by atomic mass is 10.1. The first-order chi connectivity index (χ1) is 10.5. The Kier molecular flexibility index (Phi) is 5.66. The normalized spacial score (nSPS) is 10.5. The Morgan fingerprint density at radius 2 is 1.91 bits per heavy atom.